The smallest absolute Gasteiger partial charge is 0.321 e. The Morgan fingerprint density at radius 1 is 1.33 bits per heavy atom. The second-order valence-corrected chi connectivity index (χ2v) is 5.95. The molecule has 2 heterocycles. The molecule has 1 fully saturated rings. The third-order valence-corrected chi connectivity index (χ3v) is 4.52. The second kappa shape index (κ2) is 5.69. The van der Waals surface area contributed by atoms with E-state index in [1.807, 2.05) is 18.2 Å². The maximum atomic E-state index is 12.2. The van der Waals surface area contributed by atoms with Gasteiger partial charge in [-0.2, -0.15) is 0 Å². The fourth-order valence-electron chi connectivity index (χ4n) is 2.47. The number of fused-ring (bicyclic) bond motifs is 1. The first-order valence-electron chi connectivity index (χ1n) is 6.75. The molecular formula is C14H15N3O3S. The molecule has 3 rings (SSSR count). The normalized spacial score (nSPS) is 16.1. The molecule has 1 aromatic carbocycles. The molecule has 2 amide bonds. The van der Waals surface area contributed by atoms with Gasteiger partial charge in [-0.05, 0) is 31.0 Å². The van der Waals surface area contributed by atoms with Crippen molar-refractivity contribution < 1.29 is 14.7 Å². The van der Waals surface area contributed by atoms with Gasteiger partial charge in [0.1, 0.15) is 0 Å². The van der Waals surface area contributed by atoms with Crippen molar-refractivity contribution >= 4 is 39.2 Å². The van der Waals surface area contributed by atoms with Crippen molar-refractivity contribution in [1.29, 1.82) is 0 Å². The van der Waals surface area contributed by atoms with E-state index >= 15 is 0 Å². The number of hydrogen-bond donors (Lipinski definition) is 2. The topological polar surface area (TPSA) is 82.5 Å². The molecule has 0 spiro atoms. The van der Waals surface area contributed by atoms with Crippen LogP contribution >= 0.6 is 11.3 Å². The third kappa shape index (κ3) is 2.97. The summed E-state index contributed by atoms with van der Waals surface area (Å²) >= 11 is 1.56. The van der Waals surface area contributed by atoms with Crippen LogP contribution in [0.5, 0.6) is 0 Å². The average molecular weight is 305 g/mol. The molecule has 2 aromatic rings. The lowest BCUT2D eigenvalue weighted by atomic mass is 9.97. The fourth-order valence-corrected chi connectivity index (χ4v) is 3.13. The highest BCUT2D eigenvalue weighted by molar-refractivity contribution is 7.16. The van der Waals surface area contributed by atoms with Crippen molar-refractivity contribution in [3.05, 3.63) is 23.7 Å². The molecule has 2 N–H and O–H groups in total. The number of urea groups is 1. The highest BCUT2D eigenvalue weighted by Crippen LogP contribution is 2.22. The molecule has 0 aliphatic carbocycles. The van der Waals surface area contributed by atoms with Gasteiger partial charge in [-0.3, -0.25) is 4.79 Å². The summed E-state index contributed by atoms with van der Waals surface area (Å²) in [5.41, 5.74) is 3.34. The second-order valence-electron chi connectivity index (χ2n) is 5.06. The maximum Gasteiger partial charge on any atom is 0.321 e. The van der Waals surface area contributed by atoms with Crippen LogP contribution in [0.25, 0.3) is 10.2 Å². The highest BCUT2D eigenvalue weighted by Gasteiger charge is 2.26. The third-order valence-electron chi connectivity index (χ3n) is 3.71. The Balaban J connectivity index is 1.62. The lowest BCUT2D eigenvalue weighted by Crippen LogP contribution is -2.42. The number of hydrogen-bond acceptors (Lipinski definition) is 4. The molecule has 1 aliphatic rings. The Labute approximate surface area is 125 Å². The number of nitrogens with one attached hydrogen (secondary N) is 1. The highest BCUT2D eigenvalue weighted by atomic mass is 32.1. The quantitative estimate of drug-likeness (QED) is 0.893. The summed E-state index contributed by atoms with van der Waals surface area (Å²) < 4.78 is 1.08. The van der Waals surface area contributed by atoms with E-state index in [9.17, 15) is 9.59 Å². The Hall–Kier alpha value is -2.15. The summed E-state index contributed by atoms with van der Waals surface area (Å²) in [5, 5.41) is 11.8. The summed E-state index contributed by atoms with van der Waals surface area (Å²) in [6.07, 6.45) is 1.02. The van der Waals surface area contributed by atoms with Gasteiger partial charge >= 0.3 is 12.0 Å². The molecule has 0 bridgehead atoms. The van der Waals surface area contributed by atoms with Crippen molar-refractivity contribution in [3.8, 4) is 0 Å². The van der Waals surface area contributed by atoms with Gasteiger partial charge in [-0.15, -0.1) is 11.3 Å². The summed E-state index contributed by atoms with van der Waals surface area (Å²) in [7, 11) is 0. The van der Waals surface area contributed by atoms with Gasteiger partial charge in [-0.25, -0.2) is 9.78 Å². The summed E-state index contributed by atoms with van der Waals surface area (Å²) in [6.45, 7) is 0.948. The van der Waals surface area contributed by atoms with Crippen LogP contribution in [0, 0.1) is 5.92 Å². The number of benzene rings is 1. The number of nitrogens with zero attached hydrogens (tertiary/aromatic N) is 2. The number of aromatic nitrogens is 1. The number of likely N-dealkylation sites (tertiary alicyclic amines) is 1. The first-order chi connectivity index (χ1) is 10.1. The van der Waals surface area contributed by atoms with Crippen molar-refractivity contribution in [2.45, 2.75) is 12.8 Å². The van der Waals surface area contributed by atoms with Gasteiger partial charge in [0.05, 0.1) is 21.6 Å². The van der Waals surface area contributed by atoms with Crippen molar-refractivity contribution in [2.24, 2.45) is 5.92 Å². The molecule has 7 heteroatoms. The van der Waals surface area contributed by atoms with E-state index in [1.165, 1.54) is 0 Å². The zero-order chi connectivity index (χ0) is 14.8. The van der Waals surface area contributed by atoms with Gasteiger partial charge < -0.3 is 15.3 Å². The largest absolute Gasteiger partial charge is 0.481 e. The fraction of sp³-hybridized carbons (Fsp3) is 0.357. The number of anilines is 1. The van der Waals surface area contributed by atoms with E-state index in [0.717, 1.165) is 10.2 Å². The standard InChI is InChI=1S/C14H15N3O3S/c18-13(19)9-3-5-17(6-4-9)14(20)16-10-1-2-12-11(7-10)15-8-21-12/h1-2,7-9H,3-6H2,(H,16,20)(H,18,19). The predicted molar refractivity (Wildman–Crippen MR) is 80.6 cm³/mol. The van der Waals surface area contributed by atoms with Crippen LogP contribution in [0.2, 0.25) is 0 Å². The van der Waals surface area contributed by atoms with E-state index < -0.39 is 5.97 Å². The zero-order valence-corrected chi connectivity index (χ0v) is 12.1. The number of carboxylic acids is 1. The molecule has 110 valence electrons. The average Bonchev–Trinajstić information content (AvgIpc) is 2.95. The minimum atomic E-state index is -0.774. The van der Waals surface area contributed by atoms with E-state index in [2.05, 4.69) is 10.3 Å². The number of aliphatic carboxylic acids is 1. The Morgan fingerprint density at radius 2 is 2.10 bits per heavy atom. The van der Waals surface area contributed by atoms with Crippen molar-refractivity contribution in [2.75, 3.05) is 18.4 Å². The Kier molecular flexibility index (Phi) is 3.74. The minimum Gasteiger partial charge on any atom is -0.481 e. The number of carbonyl (C=O) groups excluding carboxylic acids is 1. The van der Waals surface area contributed by atoms with E-state index in [0.29, 0.717) is 31.6 Å². The predicted octanol–water partition coefficient (Wildman–Crippen LogP) is 2.62. The first kappa shape index (κ1) is 13.8. The molecule has 1 aliphatic heterocycles. The SMILES string of the molecule is O=C(O)C1CCN(C(=O)Nc2ccc3scnc3c2)CC1. The van der Waals surface area contributed by atoms with Crippen LogP contribution in [-0.2, 0) is 4.79 Å². The van der Waals surface area contributed by atoms with E-state index in [1.54, 1.807) is 21.7 Å². The van der Waals surface area contributed by atoms with Crippen LogP contribution in [-0.4, -0.2) is 40.1 Å². The Bertz CT molecular complexity index is 677. The number of thiazole rings is 1. The number of carbonyl (C=O) groups is 2. The van der Waals surface area contributed by atoms with E-state index in [4.69, 9.17) is 5.11 Å². The van der Waals surface area contributed by atoms with Crippen LogP contribution < -0.4 is 5.32 Å². The van der Waals surface area contributed by atoms with Crippen LogP contribution in [0.1, 0.15) is 12.8 Å². The molecule has 21 heavy (non-hydrogen) atoms. The summed E-state index contributed by atoms with van der Waals surface area (Å²) in [6, 6.07) is 5.43. The summed E-state index contributed by atoms with van der Waals surface area (Å²) in [4.78, 5) is 28.9. The molecule has 0 atom stereocenters. The number of rotatable bonds is 2. The monoisotopic (exact) mass is 305 g/mol. The van der Waals surface area contributed by atoms with Crippen molar-refractivity contribution in [1.82, 2.24) is 9.88 Å². The zero-order valence-electron chi connectivity index (χ0n) is 11.3. The van der Waals surface area contributed by atoms with Crippen LogP contribution in [0.3, 0.4) is 0 Å². The van der Waals surface area contributed by atoms with Crippen molar-refractivity contribution in [3.63, 3.8) is 0 Å². The van der Waals surface area contributed by atoms with Gasteiger partial charge in [0.15, 0.2) is 0 Å². The molecule has 1 saturated heterocycles. The number of carboxylic acid groups (broad SMARTS) is 1. The molecule has 6 nitrogen and oxygen atoms in total. The minimum absolute atomic E-state index is 0.187. The lowest BCUT2D eigenvalue weighted by Gasteiger charge is -2.30. The molecule has 0 unspecified atom stereocenters. The number of amides is 2. The first-order valence-corrected chi connectivity index (χ1v) is 7.63. The number of piperidine rings is 1. The van der Waals surface area contributed by atoms with Gasteiger partial charge in [0.25, 0.3) is 0 Å². The maximum absolute atomic E-state index is 12.2. The lowest BCUT2D eigenvalue weighted by molar-refractivity contribution is -0.143. The molecule has 0 saturated carbocycles. The Morgan fingerprint density at radius 3 is 2.81 bits per heavy atom. The van der Waals surface area contributed by atoms with Crippen LogP contribution in [0.4, 0.5) is 10.5 Å². The van der Waals surface area contributed by atoms with Crippen LogP contribution in [0.15, 0.2) is 23.7 Å². The van der Waals surface area contributed by atoms with Gasteiger partial charge in [0, 0.05) is 18.8 Å². The van der Waals surface area contributed by atoms with Gasteiger partial charge in [-0.1, -0.05) is 0 Å². The van der Waals surface area contributed by atoms with E-state index in [-0.39, 0.29) is 11.9 Å². The summed E-state index contributed by atoms with van der Waals surface area (Å²) in [5.74, 6) is -1.11. The molecular weight excluding hydrogens is 290 g/mol. The molecule has 1 aromatic heterocycles. The molecule has 0 radical (unpaired) electrons. The van der Waals surface area contributed by atoms with Gasteiger partial charge in [0.2, 0.25) is 0 Å².